The first-order chi connectivity index (χ1) is 7.17. The Hall–Kier alpha value is -1.04. The Morgan fingerprint density at radius 3 is 2.53 bits per heavy atom. The molecule has 0 nitrogen and oxygen atoms in total. The van der Waals surface area contributed by atoms with Gasteiger partial charge in [0.05, 0.1) is 0 Å². The molecule has 82 valence electrons. The molecule has 0 heteroatoms. The van der Waals surface area contributed by atoms with E-state index in [9.17, 15) is 0 Å². The topological polar surface area (TPSA) is 0 Å². The van der Waals surface area contributed by atoms with Crippen LogP contribution in [-0.4, -0.2) is 0 Å². The van der Waals surface area contributed by atoms with Gasteiger partial charge in [-0.1, -0.05) is 51.1 Å². The lowest BCUT2D eigenvalue weighted by atomic mass is 9.96. The number of hydrogen-bond donors (Lipinski definition) is 0. The molecule has 0 unspecified atom stereocenters. The van der Waals surface area contributed by atoms with Crippen LogP contribution in [0.1, 0.15) is 44.4 Å². The van der Waals surface area contributed by atoms with E-state index in [1.807, 2.05) is 0 Å². The van der Waals surface area contributed by atoms with Gasteiger partial charge in [-0.15, -0.1) is 0 Å². The van der Waals surface area contributed by atoms with Crippen LogP contribution in [0.5, 0.6) is 0 Å². The molecule has 1 aromatic carbocycles. The Morgan fingerprint density at radius 1 is 1.27 bits per heavy atom. The van der Waals surface area contributed by atoms with Gasteiger partial charge < -0.3 is 0 Å². The normalized spacial score (nSPS) is 11.5. The van der Waals surface area contributed by atoms with Crippen molar-refractivity contribution in [2.45, 2.75) is 40.5 Å². The molecule has 0 atom stereocenters. The Labute approximate surface area is 94.0 Å². The van der Waals surface area contributed by atoms with Gasteiger partial charge in [-0.25, -0.2) is 0 Å². The zero-order valence-electron chi connectivity index (χ0n) is 10.4. The maximum Gasteiger partial charge on any atom is -0.0228 e. The molecule has 0 fully saturated rings. The van der Waals surface area contributed by atoms with E-state index in [0.29, 0.717) is 0 Å². The summed E-state index contributed by atoms with van der Waals surface area (Å²) in [4.78, 5) is 0. The van der Waals surface area contributed by atoms with E-state index < -0.39 is 0 Å². The molecule has 0 aromatic heterocycles. The molecule has 0 heterocycles. The minimum Gasteiger partial charge on any atom is -0.0871 e. The average Bonchev–Trinajstić information content (AvgIpc) is 2.20. The molecular weight excluding hydrogens is 180 g/mol. The lowest BCUT2D eigenvalue weighted by molar-refractivity contribution is 0.647. The maximum absolute atomic E-state index is 2.36. The predicted octanol–water partition coefficient (Wildman–Crippen LogP) is 4.48. The summed E-state index contributed by atoms with van der Waals surface area (Å²) in [7, 11) is 0. The minimum atomic E-state index is 0.738. The van der Waals surface area contributed by atoms with Gasteiger partial charge in [0.2, 0.25) is 0 Å². The molecular formula is C15H22. The highest BCUT2D eigenvalue weighted by atomic mass is 14.1. The van der Waals surface area contributed by atoms with E-state index in [1.54, 1.807) is 0 Å². The summed E-state index contributed by atoms with van der Waals surface area (Å²) in [6.45, 7) is 8.83. The summed E-state index contributed by atoms with van der Waals surface area (Å²) in [5, 5.41) is 0. The smallest absolute Gasteiger partial charge is 0.0228 e. The van der Waals surface area contributed by atoms with Gasteiger partial charge in [0.25, 0.3) is 0 Å². The fourth-order valence-corrected chi connectivity index (χ4v) is 1.91. The maximum atomic E-state index is 2.36. The van der Waals surface area contributed by atoms with Gasteiger partial charge in [-0.05, 0) is 42.4 Å². The SMILES string of the molecule is C/C=C\c1ccc(CC(C)C)cc1CC. The Morgan fingerprint density at radius 2 is 2.00 bits per heavy atom. The third-order valence-corrected chi connectivity index (χ3v) is 2.58. The fourth-order valence-electron chi connectivity index (χ4n) is 1.91. The lowest BCUT2D eigenvalue weighted by Crippen LogP contribution is -1.96. The second kappa shape index (κ2) is 5.75. The Balaban J connectivity index is 2.96. The van der Waals surface area contributed by atoms with Gasteiger partial charge in [-0.3, -0.25) is 0 Å². The summed E-state index contributed by atoms with van der Waals surface area (Å²) < 4.78 is 0. The van der Waals surface area contributed by atoms with Gasteiger partial charge in [0, 0.05) is 0 Å². The summed E-state index contributed by atoms with van der Waals surface area (Å²) in [5.41, 5.74) is 4.30. The van der Waals surface area contributed by atoms with Crippen molar-refractivity contribution in [2.75, 3.05) is 0 Å². The molecule has 0 aliphatic carbocycles. The van der Waals surface area contributed by atoms with Crippen molar-refractivity contribution in [2.24, 2.45) is 5.92 Å². The molecule has 0 saturated carbocycles. The monoisotopic (exact) mass is 202 g/mol. The Bertz CT molecular complexity index is 332. The fraction of sp³-hybridized carbons (Fsp3) is 0.467. The van der Waals surface area contributed by atoms with E-state index >= 15 is 0 Å². The van der Waals surface area contributed by atoms with Crippen LogP contribution in [0.3, 0.4) is 0 Å². The van der Waals surface area contributed by atoms with Gasteiger partial charge >= 0.3 is 0 Å². The van der Waals surface area contributed by atoms with Gasteiger partial charge in [-0.2, -0.15) is 0 Å². The van der Waals surface area contributed by atoms with Crippen LogP contribution in [0.15, 0.2) is 24.3 Å². The van der Waals surface area contributed by atoms with Crippen molar-refractivity contribution < 1.29 is 0 Å². The standard InChI is InChI=1S/C15H22/c1-5-7-15-9-8-13(10-12(3)4)11-14(15)6-2/h5,7-9,11-12H,6,10H2,1-4H3/b7-5-. The molecule has 0 radical (unpaired) electrons. The quantitative estimate of drug-likeness (QED) is 0.675. The first-order valence-corrected chi connectivity index (χ1v) is 5.91. The average molecular weight is 202 g/mol. The second-order valence-electron chi connectivity index (χ2n) is 4.48. The van der Waals surface area contributed by atoms with Crippen LogP contribution < -0.4 is 0 Å². The highest BCUT2D eigenvalue weighted by Crippen LogP contribution is 2.17. The number of aryl methyl sites for hydroxylation is 1. The molecule has 0 aliphatic heterocycles. The zero-order chi connectivity index (χ0) is 11.3. The first kappa shape index (κ1) is 12.0. The van der Waals surface area contributed by atoms with Crippen molar-refractivity contribution >= 4 is 6.08 Å². The molecule has 0 aliphatic rings. The molecule has 15 heavy (non-hydrogen) atoms. The van der Waals surface area contributed by atoms with Crippen molar-refractivity contribution in [3.05, 3.63) is 41.0 Å². The third kappa shape index (κ3) is 3.54. The van der Waals surface area contributed by atoms with Gasteiger partial charge in [0.15, 0.2) is 0 Å². The zero-order valence-corrected chi connectivity index (χ0v) is 10.4. The van der Waals surface area contributed by atoms with Crippen LogP contribution in [0.25, 0.3) is 6.08 Å². The summed E-state index contributed by atoms with van der Waals surface area (Å²) >= 11 is 0. The summed E-state index contributed by atoms with van der Waals surface area (Å²) in [6.07, 6.45) is 6.60. The van der Waals surface area contributed by atoms with E-state index in [2.05, 4.69) is 58.0 Å². The third-order valence-electron chi connectivity index (χ3n) is 2.58. The van der Waals surface area contributed by atoms with Crippen LogP contribution >= 0.6 is 0 Å². The van der Waals surface area contributed by atoms with Gasteiger partial charge in [0.1, 0.15) is 0 Å². The second-order valence-corrected chi connectivity index (χ2v) is 4.48. The van der Waals surface area contributed by atoms with Crippen LogP contribution in [0, 0.1) is 5.92 Å². The lowest BCUT2D eigenvalue weighted by Gasteiger charge is -2.09. The Kier molecular flexibility index (Phi) is 4.61. The summed E-state index contributed by atoms with van der Waals surface area (Å²) in [5.74, 6) is 0.738. The molecule has 0 amide bonds. The van der Waals surface area contributed by atoms with E-state index in [0.717, 1.165) is 12.3 Å². The van der Waals surface area contributed by atoms with Crippen molar-refractivity contribution in [1.82, 2.24) is 0 Å². The molecule has 0 N–H and O–H groups in total. The van der Waals surface area contributed by atoms with E-state index in [4.69, 9.17) is 0 Å². The number of rotatable bonds is 4. The predicted molar refractivity (Wildman–Crippen MR) is 69.1 cm³/mol. The first-order valence-electron chi connectivity index (χ1n) is 5.91. The number of allylic oxidation sites excluding steroid dienone is 1. The van der Waals surface area contributed by atoms with Crippen LogP contribution in [0.2, 0.25) is 0 Å². The molecule has 0 saturated heterocycles. The van der Waals surface area contributed by atoms with E-state index in [-0.39, 0.29) is 0 Å². The van der Waals surface area contributed by atoms with Crippen molar-refractivity contribution in [3.8, 4) is 0 Å². The van der Waals surface area contributed by atoms with Crippen molar-refractivity contribution in [1.29, 1.82) is 0 Å². The molecule has 0 spiro atoms. The van der Waals surface area contributed by atoms with Crippen LogP contribution in [0.4, 0.5) is 0 Å². The number of hydrogen-bond acceptors (Lipinski definition) is 0. The van der Waals surface area contributed by atoms with E-state index in [1.165, 1.54) is 23.1 Å². The summed E-state index contributed by atoms with van der Waals surface area (Å²) in [6, 6.07) is 6.86. The molecule has 1 rings (SSSR count). The molecule has 1 aromatic rings. The minimum absolute atomic E-state index is 0.738. The largest absolute Gasteiger partial charge is 0.0871 e. The van der Waals surface area contributed by atoms with Crippen molar-refractivity contribution in [3.63, 3.8) is 0 Å². The molecule has 0 bridgehead atoms. The highest BCUT2D eigenvalue weighted by molar-refractivity contribution is 5.54. The van der Waals surface area contributed by atoms with Crippen LogP contribution in [-0.2, 0) is 12.8 Å². The highest BCUT2D eigenvalue weighted by Gasteiger charge is 2.01. The number of benzene rings is 1.